The predicted molar refractivity (Wildman–Crippen MR) is 90.5 cm³/mol. The lowest BCUT2D eigenvalue weighted by Gasteiger charge is -2.54. The zero-order chi connectivity index (χ0) is 17.9. The van der Waals surface area contributed by atoms with Crippen LogP contribution in [0.1, 0.15) is 5.56 Å². The SMILES string of the molecule is CN1C(=O)N(C)C(=O)C2(Cc3ccc(Cl)cc3N3CCOCC32)C1=O. The van der Waals surface area contributed by atoms with Crippen LogP contribution in [0, 0.1) is 5.41 Å². The number of urea groups is 1. The normalized spacial score (nSPS) is 25.3. The largest absolute Gasteiger partial charge is 0.377 e. The standard InChI is InChI=1S/C17H18ClN3O4/c1-19-14(22)17(15(23)20(2)16(19)24)8-10-3-4-11(18)7-12(10)21-5-6-25-9-13(17)21/h3-4,7,13H,5-6,8-9H2,1-2H3. The van der Waals surface area contributed by atoms with E-state index in [1.807, 2.05) is 17.0 Å². The zero-order valence-electron chi connectivity index (χ0n) is 14.0. The number of halogens is 1. The number of amides is 4. The molecule has 0 bridgehead atoms. The van der Waals surface area contributed by atoms with Crippen LogP contribution in [0.15, 0.2) is 18.2 Å². The molecule has 25 heavy (non-hydrogen) atoms. The van der Waals surface area contributed by atoms with E-state index < -0.39 is 29.3 Å². The number of hydrogen-bond acceptors (Lipinski definition) is 5. The van der Waals surface area contributed by atoms with E-state index in [0.717, 1.165) is 21.1 Å². The summed E-state index contributed by atoms with van der Waals surface area (Å²) in [6, 6.07) is 4.39. The fourth-order valence-corrected chi connectivity index (χ4v) is 4.36. The highest BCUT2D eigenvalue weighted by Crippen LogP contribution is 2.46. The molecule has 0 N–H and O–H groups in total. The van der Waals surface area contributed by atoms with Gasteiger partial charge in [0.05, 0.1) is 19.3 Å². The number of benzene rings is 1. The molecule has 2 saturated heterocycles. The summed E-state index contributed by atoms with van der Waals surface area (Å²) in [4.78, 5) is 42.6. The Morgan fingerprint density at radius 2 is 1.84 bits per heavy atom. The maximum atomic E-state index is 13.1. The van der Waals surface area contributed by atoms with E-state index in [0.29, 0.717) is 18.2 Å². The van der Waals surface area contributed by atoms with Gasteiger partial charge in [0.15, 0.2) is 5.41 Å². The average molecular weight is 364 g/mol. The quantitative estimate of drug-likeness (QED) is 0.646. The van der Waals surface area contributed by atoms with E-state index in [4.69, 9.17) is 16.3 Å². The van der Waals surface area contributed by atoms with Crippen LogP contribution in [0.25, 0.3) is 0 Å². The van der Waals surface area contributed by atoms with E-state index >= 15 is 0 Å². The summed E-state index contributed by atoms with van der Waals surface area (Å²) < 4.78 is 5.60. The Morgan fingerprint density at radius 3 is 2.52 bits per heavy atom. The number of carbonyl (C=O) groups is 3. The smallest absolute Gasteiger partial charge is 0.332 e. The van der Waals surface area contributed by atoms with Gasteiger partial charge in [0, 0.05) is 31.4 Å². The van der Waals surface area contributed by atoms with Crippen molar-refractivity contribution in [2.45, 2.75) is 12.5 Å². The molecule has 1 unspecified atom stereocenters. The van der Waals surface area contributed by atoms with Gasteiger partial charge in [-0.2, -0.15) is 0 Å². The maximum absolute atomic E-state index is 13.1. The Kier molecular flexibility index (Phi) is 3.56. The zero-order valence-corrected chi connectivity index (χ0v) is 14.7. The highest BCUT2D eigenvalue weighted by Gasteiger charge is 2.63. The molecule has 4 amide bonds. The van der Waals surface area contributed by atoms with Crippen LogP contribution in [-0.2, 0) is 20.7 Å². The van der Waals surface area contributed by atoms with E-state index in [2.05, 4.69) is 0 Å². The van der Waals surface area contributed by atoms with Crippen molar-refractivity contribution in [3.05, 3.63) is 28.8 Å². The maximum Gasteiger partial charge on any atom is 0.332 e. The number of carbonyl (C=O) groups excluding carboxylic acids is 3. The lowest BCUT2D eigenvalue weighted by atomic mass is 9.68. The number of hydrogen-bond donors (Lipinski definition) is 0. The van der Waals surface area contributed by atoms with Crippen molar-refractivity contribution in [1.29, 1.82) is 0 Å². The van der Waals surface area contributed by atoms with Crippen molar-refractivity contribution < 1.29 is 19.1 Å². The summed E-state index contributed by atoms with van der Waals surface area (Å²) >= 11 is 6.16. The second-order valence-electron chi connectivity index (χ2n) is 6.72. The average Bonchev–Trinajstić information content (AvgIpc) is 2.63. The first-order valence-electron chi connectivity index (χ1n) is 8.11. The van der Waals surface area contributed by atoms with Gasteiger partial charge in [-0.05, 0) is 24.1 Å². The molecule has 1 atom stereocenters. The van der Waals surface area contributed by atoms with Crippen molar-refractivity contribution in [2.75, 3.05) is 38.8 Å². The van der Waals surface area contributed by atoms with Crippen LogP contribution in [0.3, 0.4) is 0 Å². The summed E-state index contributed by atoms with van der Waals surface area (Å²) in [6.45, 7) is 1.31. The molecule has 4 rings (SSSR count). The molecule has 3 aliphatic heterocycles. The highest BCUT2D eigenvalue weighted by atomic mass is 35.5. The number of morpholine rings is 1. The monoisotopic (exact) mass is 363 g/mol. The van der Waals surface area contributed by atoms with Gasteiger partial charge in [-0.3, -0.25) is 19.4 Å². The van der Waals surface area contributed by atoms with Gasteiger partial charge in [-0.25, -0.2) is 4.79 Å². The second-order valence-corrected chi connectivity index (χ2v) is 7.15. The molecule has 132 valence electrons. The second kappa shape index (κ2) is 5.44. The van der Waals surface area contributed by atoms with Crippen molar-refractivity contribution >= 4 is 35.1 Å². The molecule has 1 aromatic carbocycles. The van der Waals surface area contributed by atoms with Gasteiger partial charge in [-0.15, -0.1) is 0 Å². The molecule has 3 heterocycles. The van der Waals surface area contributed by atoms with E-state index in [1.54, 1.807) is 6.07 Å². The minimum atomic E-state index is -1.36. The first kappa shape index (κ1) is 16.4. The van der Waals surface area contributed by atoms with Crippen LogP contribution < -0.4 is 4.90 Å². The minimum Gasteiger partial charge on any atom is -0.377 e. The molecule has 7 nitrogen and oxygen atoms in total. The molecule has 3 aliphatic rings. The molecule has 1 spiro atoms. The highest BCUT2D eigenvalue weighted by molar-refractivity contribution is 6.31. The molecule has 0 aromatic heterocycles. The predicted octanol–water partition coefficient (Wildman–Crippen LogP) is 1.14. The van der Waals surface area contributed by atoms with Gasteiger partial charge in [0.25, 0.3) is 0 Å². The fourth-order valence-electron chi connectivity index (χ4n) is 4.20. The minimum absolute atomic E-state index is 0.226. The van der Waals surface area contributed by atoms with Gasteiger partial charge in [-0.1, -0.05) is 17.7 Å². The number of anilines is 1. The molecule has 1 aromatic rings. The van der Waals surface area contributed by atoms with Crippen molar-refractivity contribution in [2.24, 2.45) is 5.41 Å². The molecule has 0 radical (unpaired) electrons. The number of barbiturate groups is 1. The summed E-state index contributed by atoms with van der Waals surface area (Å²) in [5.41, 5.74) is 0.438. The fraction of sp³-hybridized carbons (Fsp3) is 0.471. The summed E-state index contributed by atoms with van der Waals surface area (Å²) in [6.07, 6.45) is 0.226. The third-order valence-corrected chi connectivity index (χ3v) is 5.70. The van der Waals surface area contributed by atoms with Gasteiger partial charge in [0.1, 0.15) is 0 Å². The molecular weight excluding hydrogens is 346 g/mol. The van der Waals surface area contributed by atoms with Gasteiger partial charge < -0.3 is 9.64 Å². The van der Waals surface area contributed by atoms with Crippen molar-refractivity contribution in [3.63, 3.8) is 0 Å². The first-order chi connectivity index (χ1) is 11.9. The molecular formula is C17H18ClN3O4. The van der Waals surface area contributed by atoms with Crippen LogP contribution in [0.2, 0.25) is 5.02 Å². The summed E-state index contributed by atoms with van der Waals surface area (Å²) in [5, 5.41) is 0.602. The number of ether oxygens (including phenoxy) is 1. The third kappa shape index (κ3) is 2.05. The summed E-state index contributed by atoms with van der Waals surface area (Å²) in [7, 11) is 2.83. The molecule has 0 saturated carbocycles. The summed E-state index contributed by atoms with van der Waals surface area (Å²) in [5.74, 6) is -0.941. The van der Waals surface area contributed by atoms with E-state index in [-0.39, 0.29) is 13.0 Å². The number of fused-ring (bicyclic) bond motifs is 4. The Hall–Kier alpha value is -2.12. The van der Waals surface area contributed by atoms with E-state index in [1.165, 1.54) is 14.1 Å². The van der Waals surface area contributed by atoms with Crippen LogP contribution >= 0.6 is 11.6 Å². The Bertz CT molecular complexity index is 772. The lowest BCUT2D eigenvalue weighted by molar-refractivity contribution is -0.161. The van der Waals surface area contributed by atoms with E-state index in [9.17, 15) is 14.4 Å². The molecule has 8 heteroatoms. The first-order valence-corrected chi connectivity index (χ1v) is 8.49. The van der Waals surface area contributed by atoms with Crippen molar-refractivity contribution in [1.82, 2.24) is 9.80 Å². The number of nitrogens with zero attached hydrogens (tertiary/aromatic N) is 3. The van der Waals surface area contributed by atoms with Gasteiger partial charge in [0.2, 0.25) is 11.8 Å². The van der Waals surface area contributed by atoms with Crippen molar-refractivity contribution in [3.8, 4) is 0 Å². The van der Waals surface area contributed by atoms with Crippen LogP contribution in [0.4, 0.5) is 10.5 Å². The Labute approximate surface area is 150 Å². The topological polar surface area (TPSA) is 70.2 Å². The molecule has 2 fully saturated rings. The number of rotatable bonds is 0. The Morgan fingerprint density at radius 1 is 1.16 bits per heavy atom. The van der Waals surface area contributed by atoms with Gasteiger partial charge >= 0.3 is 6.03 Å². The lowest BCUT2D eigenvalue weighted by Crippen LogP contribution is -2.73. The van der Waals surface area contributed by atoms with Crippen LogP contribution in [0.5, 0.6) is 0 Å². The van der Waals surface area contributed by atoms with Crippen LogP contribution in [-0.4, -0.2) is 67.5 Å². The molecule has 0 aliphatic carbocycles. The third-order valence-electron chi connectivity index (χ3n) is 5.47. The number of imide groups is 2. The Balaban J connectivity index is 1.92.